The number of rotatable bonds is 3. The molecule has 4 rings (SSSR count). The second-order valence-electron chi connectivity index (χ2n) is 7.26. The third kappa shape index (κ3) is 3.45. The Balaban J connectivity index is 1.45. The van der Waals surface area contributed by atoms with E-state index in [-0.39, 0.29) is 24.3 Å². The summed E-state index contributed by atoms with van der Waals surface area (Å²) < 4.78 is 0. The number of nitrogens with one attached hydrogen (secondary N) is 1. The van der Waals surface area contributed by atoms with E-state index in [1.807, 2.05) is 55.5 Å². The molecule has 1 unspecified atom stereocenters. The highest BCUT2D eigenvalue weighted by atomic mass is 35.5. The standard InChI is InChI=1S/C21H22ClN3O2/c1-15-5-4-6-16(13-15)25-20(26)14-19(21(25)27)24-11-9-23(10-12-24)18-8-3-2-7-17(18)22/h2-8,13,19H,9-12,14H2,1H3/p+1. The third-order valence-corrected chi connectivity index (χ3v) is 5.82. The van der Waals surface area contributed by atoms with Crippen LogP contribution >= 0.6 is 11.6 Å². The van der Waals surface area contributed by atoms with Crippen molar-refractivity contribution in [3.8, 4) is 0 Å². The van der Waals surface area contributed by atoms with E-state index in [4.69, 9.17) is 11.6 Å². The molecule has 2 amide bonds. The van der Waals surface area contributed by atoms with E-state index in [1.54, 1.807) is 0 Å². The SMILES string of the molecule is Cc1cccc(N2C(=O)CC([NH+]3CCN(c4ccccc4Cl)CC3)C2=O)c1. The van der Waals surface area contributed by atoms with E-state index in [9.17, 15) is 9.59 Å². The van der Waals surface area contributed by atoms with Crippen LogP contribution in [-0.2, 0) is 9.59 Å². The monoisotopic (exact) mass is 384 g/mol. The molecule has 2 heterocycles. The minimum atomic E-state index is -0.286. The van der Waals surface area contributed by atoms with Crippen LogP contribution in [0.3, 0.4) is 0 Å². The molecule has 140 valence electrons. The fourth-order valence-electron chi connectivity index (χ4n) is 4.08. The number of anilines is 2. The van der Waals surface area contributed by atoms with Crippen molar-refractivity contribution in [1.82, 2.24) is 0 Å². The second kappa shape index (κ2) is 7.33. The van der Waals surface area contributed by atoms with Crippen molar-refractivity contribution in [3.63, 3.8) is 0 Å². The topological polar surface area (TPSA) is 45.1 Å². The number of halogens is 1. The summed E-state index contributed by atoms with van der Waals surface area (Å²) in [5.74, 6) is -0.177. The fourth-order valence-corrected chi connectivity index (χ4v) is 4.34. The van der Waals surface area contributed by atoms with Crippen molar-refractivity contribution in [2.24, 2.45) is 0 Å². The van der Waals surface area contributed by atoms with Crippen molar-refractivity contribution in [1.29, 1.82) is 0 Å². The zero-order valence-electron chi connectivity index (χ0n) is 15.3. The molecule has 0 spiro atoms. The summed E-state index contributed by atoms with van der Waals surface area (Å²) in [5, 5.41) is 0.749. The fraction of sp³-hybridized carbons (Fsp3) is 0.333. The average molecular weight is 385 g/mol. The van der Waals surface area contributed by atoms with Crippen LogP contribution in [0.15, 0.2) is 48.5 Å². The van der Waals surface area contributed by atoms with Crippen molar-refractivity contribution in [3.05, 3.63) is 59.1 Å². The maximum atomic E-state index is 13.0. The van der Waals surface area contributed by atoms with Crippen LogP contribution in [0.4, 0.5) is 11.4 Å². The lowest BCUT2D eigenvalue weighted by Crippen LogP contribution is -3.19. The molecule has 2 aromatic rings. The predicted molar refractivity (Wildman–Crippen MR) is 106 cm³/mol. The number of para-hydroxylation sites is 1. The van der Waals surface area contributed by atoms with E-state index in [0.717, 1.165) is 42.5 Å². The van der Waals surface area contributed by atoms with Crippen LogP contribution in [0.25, 0.3) is 0 Å². The molecule has 0 aromatic heterocycles. The van der Waals surface area contributed by atoms with Crippen LogP contribution in [0.5, 0.6) is 0 Å². The molecule has 0 radical (unpaired) electrons. The number of benzene rings is 2. The summed E-state index contributed by atoms with van der Waals surface area (Å²) in [6.45, 7) is 5.24. The lowest BCUT2D eigenvalue weighted by atomic mass is 10.1. The van der Waals surface area contributed by atoms with Crippen LogP contribution in [-0.4, -0.2) is 44.0 Å². The van der Waals surface area contributed by atoms with Gasteiger partial charge in [0.05, 0.1) is 49.0 Å². The highest BCUT2D eigenvalue weighted by molar-refractivity contribution is 6.33. The number of hydrogen-bond donors (Lipinski definition) is 1. The summed E-state index contributed by atoms with van der Waals surface area (Å²) in [5.41, 5.74) is 2.76. The van der Waals surface area contributed by atoms with Gasteiger partial charge in [-0.25, -0.2) is 4.90 Å². The first-order valence-electron chi connectivity index (χ1n) is 9.32. The minimum Gasteiger partial charge on any atom is -0.359 e. The Bertz CT molecular complexity index is 877. The Morgan fingerprint density at radius 1 is 1.04 bits per heavy atom. The van der Waals surface area contributed by atoms with Gasteiger partial charge in [0.2, 0.25) is 5.91 Å². The quantitative estimate of drug-likeness (QED) is 0.819. The maximum Gasteiger partial charge on any atom is 0.292 e. The van der Waals surface area contributed by atoms with Crippen molar-refractivity contribution >= 4 is 34.8 Å². The predicted octanol–water partition coefficient (Wildman–Crippen LogP) is 1.69. The molecule has 0 bridgehead atoms. The van der Waals surface area contributed by atoms with Crippen LogP contribution in [0.2, 0.25) is 5.02 Å². The van der Waals surface area contributed by atoms with E-state index in [2.05, 4.69) is 4.90 Å². The molecule has 2 aliphatic rings. The molecular weight excluding hydrogens is 362 g/mol. The van der Waals surface area contributed by atoms with Gasteiger partial charge in [-0.3, -0.25) is 9.59 Å². The number of quaternary nitrogens is 1. The minimum absolute atomic E-state index is 0.0770. The largest absolute Gasteiger partial charge is 0.359 e. The van der Waals surface area contributed by atoms with Gasteiger partial charge in [0.25, 0.3) is 5.91 Å². The maximum absolute atomic E-state index is 13.0. The number of imide groups is 1. The van der Waals surface area contributed by atoms with Gasteiger partial charge in [0, 0.05) is 0 Å². The van der Waals surface area contributed by atoms with Gasteiger partial charge in [-0.15, -0.1) is 0 Å². The number of nitrogens with zero attached hydrogens (tertiary/aromatic N) is 2. The first kappa shape index (κ1) is 18.0. The molecule has 0 aliphatic carbocycles. The summed E-state index contributed by atoms with van der Waals surface area (Å²) >= 11 is 6.31. The third-order valence-electron chi connectivity index (χ3n) is 5.50. The van der Waals surface area contributed by atoms with Crippen molar-refractivity contribution in [2.75, 3.05) is 36.0 Å². The number of hydrogen-bond acceptors (Lipinski definition) is 3. The Morgan fingerprint density at radius 2 is 1.78 bits per heavy atom. The lowest BCUT2D eigenvalue weighted by molar-refractivity contribution is -0.915. The number of amides is 2. The van der Waals surface area contributed by atoms with Gasteiger partial charge in [0.15, 0.2) is 6.04 Å². The van der Waals surface area contributed by atoms with Crippen LogP contribution < -0.4 is 14.7 Å². The number of aryl methyl sites for hydroxylation is 1. The average Bonchev–Trinajstić information content (AvgIpc) is 2.96. The summed E-state index contributed by atoms with van der Waals surface area (Å²) in [6, 6.07) is 15.1. The van der Waals surface area contributed by atoms with Crippen molar-refractivity contribution in [2.45, 2.75) is 19.4 Å². The molecule has 1 N–H and O–H groups in total. The van der Waals surface area contributed by atoms with Crippen LogP contribution in [0, 0.1) is 6.92 Å². The second-order valence-corrected chi connectivity index (χ2v) is 7.67. The molecule has 27 heavy (non-hydrogen) atoms. The number of carbonyl (C=O) groups excluding carboxylic acids is 2. The molecular formula is C21H23ClN3O2+. The zero-order chi connectivity index (χ0) is 19.0. The highest BCUT2D eigenvalue weighted by Gasteiger charge is 2.46. The van der Waals surface area contributed by atoms with Gasteiger partial charge < -0.3 is 9.80 Å². The molecule has 5 nitrogen and oxygen atoms in total. The molecule has 2 fully saturated rings. The Morgan fingerprint density at radius 3 is 2.48 bits per heavy atom. The molecule has 2 saturated heterocycles. The lowest BCUT2D eigenvalue weighted by Gasteiger charge is -2.36. The van der Waals surface area contributed by atoms with Gasteiger partial charge >= 0.3 is 0 Å². The normalized spacial score (nSPS) is 21.2. The van der Waals surface area contributed by atoms with E-state index in [0.29, 0.717) is 5.69 Å². The number of carbonyl (C=O) groups is 2. The Labute approximate surface area is 164 Å². The smallest absolute Gasteiger partial charge is 0.292 e. The molecule has 6 heteroatoms. The van der Waals surface area contributed by atoms with Gasteiger partial charge in [0.1, 0.15) is 0 Å². The molecule has 1 atom stereocenters. The molecule has 2 aromatic carbocycles. The van der Waals surface area contributed by atoms with Crippen molar-refractivity contribution < 1.29 is 14.5 Å². The highest BCUT2D eigenvalue weighted by Crippen LogP contribution is 2.26. The Kier molecular flexibility index (Phi) is 4.89. The molecule has 2 aliphatic heterocycles. The summed E-state index contributed by atoms with van der Waals surface area (Å²) in [6.07, 6.45) is 0.286. The first-order chi connectivity index (χ1) is 13.0. The summed E-state index contributed by atoms with van der Waals surface area (Å²) in [4.78, 5) is 30.3. The van der Waals surface area contributed by atoms with Crippen LogP contribution in [0.1, 0.15) is 12.0 Å². The number of piperazine rings is 1. The van der Waals surface area contributed by atoms with Gasteiger partial charge in [-0.2, -0.15) is 0 Å². The Hall–Kier alpha value is -2.37. The van der Waals surface area contributed by atoms with E-state index >= 15 is 0 Å². The van der Waals surface area contributed by atoms with E-state index < -0.39 is 0 Å². The van der Waals surface area contributed by atoms with Gasteiger partial charge in [-0.05, 0) is 36.8 Å². The van der Waals surface area contributed by atoms with E-state index in [1.165, 1.54) is 9.80 Å². The van der Waals surface area contributed by atoms with Gasteiger partial charge in [-0.1, -0.05) is 35.9 Å². The molecule has 0 saturated carbocycles. The summed E-state index contributed by atoms with van der Waals surface area (Å²) in [7, 11) is 0. The zero-order valence-corrected chi connectivity index (χ0v) is 16.1. The first-order valence-corrected chi connectivity index (χ1v) is 9.70.